The standard InChI is InChI=1S/C29H26N4O3/c1-34-20-10-6-8-18-24-22(36-3)14-31-27(29(24)33-25(18)20)16-12-11-15(16)26-28-23(21(35-2)13-30-26)17-7-4-5-9-19(17)32-28/h4-10,13-16,32-33H,11-12H2,1-3H3. The van der Waals surface area contributed by atoms with E-state index in [9.17, 15) is 0 Å². The highest BCUT2D eigenvalue weighted by atomic mass is 16.5. The first kappa shape index (κ1) is 21.1. The number of aromatic nitrogens is 4. The molecule has 0 amide bonds. The summed E-state index contributed by atoms with van der Waals surface area (Å²) < 4.78 is 17.1. The lowest BCUT2D eigenvalue weighted by Gasteiger charge is -2.36. The van der Waals surface area contributed by atoms with Crippen molar-refractivity contribution in [2.45, 2.75) is 24.7 Å². The summed E-state index contributed by atoms with van der Waals surface area (Å²) in [6, 6.07) is 14.4. The number of fused-ring (bicyclic) bond motifs is 6. The Morgan fingerprint density at radius 3 is 1.86 bits per heavy atom. The van der Waals surface area contributed by atoms with E-state index in [1.165, 1.54) is 0 Å². The maximum Gasteiger partial charge on any atom is 0.147 e. The van der Waals surface area contributed by atoms with Crippen LogP contribution >= 0.6 is 0 Å². The summed E-state index contributed by atoms with van der Waals surface area (Å²) in [7, 11) is 5.08. The molecule has 180 valence electrons. The fraction of sp³-hybridized carbons (Fsp3) is 0.241. The molecule has 0 bridgehead atoms. The van der Waals surface area contributed by atoms with E-state index in [1.54, 1.807) is 21.3 Å². The van der Waals surface area contributed by atoms with Gasteiger partial charge in [-0.15, -0.1) is 0 Å². The Kier molecular flexibility index (Phi) is 4.61. The van der Waals surface area contributed by atoms with E-state index in [0.29, 0.717) is 0 Å². The number of rotatable bonds is 5. The molecule has 2 aromatic carbocycles. The number of pyridine rings is 2. The molecule has 7 heteroatoms. The van der Waals surface area contributed by atoms with Gasteiger partial charge in [0.25, 0.3) is 0 Å². The van der Waals surface area contributed by atoms with Gasteiger partial charge in [0.15, 0.2) is 0 Å². The highest BCUT2D eigenvalue weighted by Gasteiger charge is 2.39. The van der Waals surface area contributed by atoms with Crippen LogP contribution in [0.2, 0.25) is 0 Å². The third kappa shape index (κ3) is 2.80. The molecule has 0 radical (unpaired) electrons. The minimum absolute atomic E-state index is 0.230. The van der Waals surface area contributed by atoms with Crippen molar-refractivity contribution in [3.05, 3.63) is 66.2 Å². The van der Waals surface area contributed by atoms with Crippen molar-refractivity contribution in [1.29, 1.82) is 0 Å². The summed E-state index contributed by atoms with van der Waals surface area (Å²) in [6.45, 7) is 0. The SMILES string of the molecule is COc1cccc2c1[nH]c1c(C3CCC3c3ncc(OC)c4c3[nH]c3ccccc34)ncc(OC)c12. The van der Waals surface area contributed by atoms with Crippen molar-refractivity contribution in [2.24, 2.45) is 0 Å². The van der Waals surface area contributed by atoms with Gasteiger partial charge in [-0.1, -0.05) is 30.3 Å². The fourth-order valence-electron chi connectivity index (χ4n) is 5.94. The van der Waals surface area contributed by atoms with Crippen LogP contribution < -0.4 is 14.2 Å². The maximum absolute atomic E-state index is 5.73. The molecule has 4 aromatic heterocycles. The third-order valence-corrected chi connectivity index (χ3v) is 7.79. The molecule has 36 heavy (non-hydrogen) atoms. The average molecular weight is 479 g/mol. The topological polar surface area (TPSA) is 85.0 Å². The zero-order valence-electron chi connectivity index (χ0n) is 20.4. The smallest absolute Gasteiger partial charge is 0.147 e. The normalized spacial score (nSPS) is 17.6. The summed E-state index contributed by atoms with van der Waals surface area (Å²) >= 11 is 0. The van der Waals surface area contributed by atoms with Crippen molar-refractivity contribution in [2.75, 3.05) is 21.3 Å². The molecule has 6 aromatic rings. The van der Waals surface area contributed by atoms with Crippen molar-refractivity contribution in [3.63, 3.8) is 0 Å². The number of para-hydroxylation sites is 2. The highest BCUT2D eigenvalue weighted by molar-refractivity contribution is 6.13. The van der Waals surface area contributed by atoms with Gasteiger partial charge in [-0.2, -0.15) is 0 Å². The molecule has 2 atom stereocenters. The molecule has 1 saturated carbocycles. The summed E-state index contributed by atoms with van der Waals surface area (Å²) in [5.41, 5.74) is 6.21. The number of ether oxygens (including phenoxy) is 3. The van der Waals surface area contributed by atoms with E-state index in [2.05, 4.69) is 34.2 Å². The van der Waals surface area contributed by atoms with Crippen LogP contribution in [-0.4, -0.2) is 41.3 Å². The zero-order valence-corrected chi connectivity index (χ0v) is 20.4. The van der Waals surface area contributed by atoms with Crippen molar-refractivity contribution in [3.8, 4) is 17.2 Å². The van der Waals surface area contributed by atoms with Gasteiger partial charge < -0.3 is 24.2 Å². The second kappa shape index (κ2) is 7.88. The number of aromatic amines is 2. The number of nitrogens with one attached hydrogen (secondary N) is 2. The molecule has 1 aliphatic carbocycles. The number of benzene rings is 2. The number of hydrogen-bond acceptors (Lipinski definition) is 5. The number of hydrogen-bond donors (Lipinski definition) is 2. The Morgan fingerprint density at radius 1 is 0.639 bits per heavy atom. The van der Waals surface area contributed by atoms with Crippen molar-refractivity contribution >= 4 is 43.6 Å². The molecule has 2 unspecified atom stereocenters. The molecule has 1 aliphatic rings. The van der Waals surface area contributed by atoms with Gasteiger partial charge >= 0.3 is 0 Å². The number of H-pyrrole nitrogens is 2. The van der Waals surface area contributed by atoms with Gasteiger partial charge in [0.2, 0.25) is 0 Å². The Morgan fingerprint density at radius 2 is 1.22 bits per heavy atom. The van der Waals surface area contributed by atoms with Gasteiger partial charge in [0, 0.05) is 28.1 Å². The molecule has 4 heterocycles. The minimum atomic E-state index is 0.230. The number of methoxy groups -OCH3 is 3. The third-order valence-electron chi connectivity index (χ3n) is 7.79. The van der Waals surface area contributed by atoms with E-state index < -0.39 is 0 Å². The van der Waals surface area contributed by atoms with E-state index >= 15 is 0 Å². The molecule has 7 rings (SSSR count). The lowest BCUT2D eigenvalue weighted by Crippen LogP contribution is -2.24. The lowest BCUT2D eigenvalue weighted by molar-refractivity contribution is 0.335. The van der Waals surface area contributed by atoms with E-state index in [1.807, 2.05) is 30.6 Å². The molecule has 7 nitrogen and oxygen atoms in total. The molecular formula is C29H26N4O3. The Labute approximate surface area is 207 Å². The second-order valence-electron chi connectivity index (χ2n) is 9.39. The lowest BCUT2D eigenvalue weighted by atomic mass is 9.69. The average Bonchev–Trinajstić information content (AvgIpc) is 3.48. The molecule has 0 spiro atoms. The van der Waals surface area contributed by atoms with E-state index in [0.717, 1.165) is 85.1 Å². The Hall–Kier alpha value is -4.26. The summed E-state index contributed by atoms with van der Waals surface area (Å²) in [4.78, 5) is 17.1. The second-order valence-corrected chi connectivity index (χ2v) is 9.39. The van der Waals surface area contributed by atoms with Gasteiger partial charge in [-0.25, -0.2) is 0 Å². The first-order valence-corrected chi connectivity index (χ1v) is 12.2. The molecule has 0 saturated heterocycles. The van der Waals surface area contributed by atoms with Gasteiger partial charge in [-0.05, 0) is 25.0 Å². The first-order valence-electron chi connectivity index (χ1n) is 12.2. The van der Waals surface area contributed by atoms with Gasteiger partial charge in [0.05, 0.1) is 72.4 Å². The number of nitrogens with zero attached hydrogens (tertiary/aromatic N) is 2. The van der Waals surface area contributed by atoms with E-state index in [-0.39, 0.29) is 11.8 Å². The Bertz CT molecular complexity index is 1780. The largest absolute Gasteiger partial charge is 0.495 e. The first-order chi connectivity index (χ1) is 17.7. The fourth-order valence-corrected chi connectivity index (χ4v) is 5.94. The van der Waals surface area contributed by atoms with Crippen LogP contribution in [0, 0.1) is 0 Å². The molecular weight excluding hydrogens is 452 g/mol. The van der Waals surface area contributed by atoms with Crippen molar-refractivity contribution < 1.29 is 14.2 Å². The molecule has 1 fully saturated rings. The van der Waals surface area contributed by atoms with Crippen LogP contribution in [0.25, 0.3) is 43.6 Å². The predicted molar refractivity (Wildman–Crippen MR) is 142 cm³/mol. The van der Waals surface area contributed by atoms with Crippen LogP contribution in [0.3, 0.4) is 0 Å². The van der Waals surface area contributed by atoms with E-state index in [4.69, 9.17) is 24.2 Å². The van der Waals surface area contributed by atoms with Gasteiger partial charge in [-0.3, -0.25) is 9.97 Å². The zero-order chi connectivity index (χ0) is 24.4. The predicted octanol–water partition coefficient (Wildman–Crippen LogP) is 6.43. The van der Waals surface area contributed by atoms with Crippen LogP contribution in [0.5, 0.6) is 17.2 Å². The van der Waals surface area contributed by atoms with Crippen LogP contribution in [0.15, 0.2) is 54.9 Å². The molecule has 0 aliphatic heterocycles. The maximum atomic E-state index is 5.73. The van der Waals surface area contributed by atoms with Crippen LogP contribution in [0.4, 0.5) is 0 Å². The summed E-state index contributed by atoms with van der Waals surface area (Å²) in [5.74, 6) is 2.81. The quantitative estimate of drug-likeness (QED) is 0.298. The van der Waals surface area contributed by atoms with Crippen LogP contribution in [0.1, 0.15) is 36.1 Å². The Balaban J connectivity index is 1.42. The summed E-state index contributed by atoms with van der Waals surface area (Å²) in [5, 5.41) is 4.35. The molecule has 2 N–H and O–H groups in total. The monoisotopic (exact) mass is 478 g/mol. The van der Waals surface area contributed by atoms with Crippen LogP contribution in [-0.2, 0) is 0 Å². The van der Waals surface area contributed by atoms with Crippen molar-refractivity contribution in [1.82, 2.24) is 19.9 Å². The highest BCUT2D eigenvalue weighted by Crippen LogP contribution is 2.53. The van der Waals surface area contributed by atoms with Gasteiger partial charge in [0.1, 0.15) is 17.2 Å². The summed E-state index contributed by atoms with van der Waals surface area (Å²) in [6.07, 6.45) is 5.80. The minimum Gasteiger partial charge on any atom is -0.495 e.